The number of carbonyl (C=O) groups is 1. The van der Waals surface area contributed by atoms with Crippen molar-refractivity contribution in [3.63, 3.8) is 0 Å². The maximum Gasteiger partial charge on any atom is 0.251 e. The van der Waals surface area contributed by atoms with Crippen LogP contribution in [0.25, 0.3) is 0 Å². The highest BCUT2D eigenvalue weighted by Crippen LogP contribution is 2.10. The fourth-order valence-corrected chi connectivity index (χ4v) is 1.66. The molecule has 0 heterocycles. The van der Waals surface area contributed by atoms with Gasteiger partial charge in [-0.15, -0.1) is 0 Å². The lowest BCUT2D eigenvalue weighted by atomic mass is 10.2. The zero-order valence-electron chi connectivity index (χ0n) is 10.2. The topological polar surface area (TPSA) is 72.5 Å². The molecule has 1 rings (SSSR count). The van der Waals surface area contributed by atoms with E-state index < -0.39 is 9.84 Å². The van der Waals surface area contributed by atoms with Crippen LogP contribution < -0.4 is 10.1 Å². The van der Waals surface area contributed by atoms with Crippen LogP contribution in [-0.2, 0) is 9.84 Å². The summed E-state index contributed by atoms with van der Waals surface area (Å²) < 4.78 is 26.6. The van der Waals surface area contributed by atoms with Crippen molar-refractivity contribution in [3.05, 3.63) is 41.3 Å². The van der Waals surface area contributed by atoms with Gasteiger partial charge in [0.15, 0.2) is 9.84 Å². The minimum Gasteiger partial charge on any atom is -0.497 e. The highest BCUT2D eigenvalue weighted by molar-refractivity contribution is 7.93. The third-order valence-corrected chi connectivity index (χ3v) is 2.76. The molecule has 1 aromatic carbocycles. The quantitative estimate of drug-likeness (QED) is 0.865. The van der Waals surface area contributed by atoms with Gasteiger partial charge in [-0.3, -0.25) is 4.79 Å². The second kappa shape index (κ2) is 6.20. The minimum absolute atomic E-state index is 0.165. The van der Waals surface area contributed by atoms with Gasteiger partial charge in [-0.1, -0.05) is 6.08 Å². The standard InChI is InChI=1S/C12H15NO4S/c1-17-11-6-4-10(5-7-11)12(14)13-8-3-9-18(2,15)16/h3-7,9H,8H2,1-2H3,(H,13,14)/b9-3+. The van der Waals surface area contributed by atoms with Gasteiger partial charge in [0, 0.05) is 23.8 Å². The number of nitrogens with one attached hydrogen (secondary N) is 1. The Morgan fingerprint density at radius 2 is 1.94 bits per heavy atom. The summed E-state index contributed by atoms with van der Waals surface area (Å²) in [6.07, 6.45) is 2.48. The second-order valence-electron chi connectivity index (χ2n) is 3.64. The van der Waals surface area contributed by atoms with Gasteiger partial charge >= 0.3 is 0 Å². The summed E-state index contributed by atoms with van der Waals surface area (Å²) in [5, 5.41) is 3.63. The van der Waals surface area contributed by atoms with E-state index in [4.69, 9.17) is 4.74 Å². The lowest BCUT2D eigenvalue weighted by molar-refractivity contribution is 0.0958. The molecule has 0 fully saturated rings. The Labute approximate surface area is 106 Å². The van der Waals surface area contributed by atoms with Gasteiger partial charge in [0.05, 0.1) is 7.11 Å². The zero-order chi connectivity index (χ0) is 13.6. The van der Waals surface area contributed by atoms with Gasteiger partial charge in [0.2, 0.25) is 0 Å². The molecule has 0 unspecified atom stereocenters. The number of hydrogen-bond donors (Lipinski definition) is 1. The molecule has 18 heavy (non-hydrogen) atoms. The van der Waals surface area contributed by atoms with E-state index in [1.165, 1.54) is 6.08 Å². The summed E-state index contributed by atoms with van der Waals surface area (Å²) in [4.78, 5) is 11.6. The third kappa shape index (κ3) is 5.01. The van der Waals surface area contributed by atoms with E-state index in [9.17, 15) is 13.2 Å². The van der Waals surface area contributed by atoms with Crippen LogP contribution in [0.1, 0.15) is 10.4 Å². The largest absolute Gasteiger partial charge is 0.497 e. The van der Waals surface area contributed by atoms with Crippen LogP contribution in [0, 0.1) is 0 Å². The van der Waals surface area contributed by atoms with Gasteiger partial charge < -0.3 is 10.1 Å². The summed E-state index contributed by atoms with van der Waals surface area (Å²) in [6, 6.07) is 6.63. The van der Waals surface area contributed by atoms with Gasteiger partial charge in [-0.05, 0) is 24.3 Å². The lowest BCUT2D eigenvalue weighted by Crippen LogP contribution is -2.23. The monoisotopic (exact) mass is 269 g/mol. The molecule has 1 N–H and O–H groups in total. The Morgan fingerprint density at radius 3 is 2.44 bits per heavy atom. The van der Waals surface area contributed by atoms with Crippen molar-refractivity contribution in [1.29, 1.82) is 0 Å². The Hall–Kier alpha value is -1.82. The summed E-state index contributed by atoms with van der Waals surface area (Å²) in [6.45, 7) is 0.165. The molecule has 0 saturated carbocycles. The van der Waals surface area contributed by atoms with Gasteiger partial charge in [0.1, 0.15) is 5.75 Å². The predicted octanol–water partition coefficient (Wildman–Crippen LogP) is 0.983. The van der Waals surface area contributed by atoms with Gasteiger partial charge in [0.25, 0.3) is 5.91 Å². The normalized spacial score (nSPS) is 11.4. The Morgan fingerprint density at radius 1 is 1.33 bits per heavy atom. The average molecular weight is 269 g/mol. The summed E-state index contributed by atoms with van der Waals surface area (Å²) in [7, 11) is -1.60. The van der Waals surface area contributed by atoms with E-state index >= 15 is 0 Å². The van der Waals surface area contributed by atoms with Gasteiger partial charge in [-0.2, -0.15) is 0 Å². The van der Waals surface area contributed by atoms with Crippen LogP contribution in [0.15, 0.2) is 35.7 Å². The highest BCUT2D eigenvalue weighted by atomic mass is 32.2. The van der Waals surface area contributed by atoms with Crippen molar-refractivity contribution in [2.45, 2.75) is 0 Å². The number of ether oxygens (including phenoxy) is 1. The summed E-state index contributed by atoms with van der Waals surface area (Å²) in [5.41, 5.74) is 0.489. The smallest absolute Gasteiger partial charge is 0.251 e. The molecular formula is C12H15NO4S. The molecule has 0 bridgehead atoms. The fraction of sp³-hybridized carbons (Fsp3) is 0.250. The molecule has 5 nitrogen and oxygen atoms in total. The number of benzene rings is 1. The molecule has 0 aliphatic carbocycles. The third-order valence-electron chi connectivity index (χ3n) is 2.08. The zero-order valence-corrected chi connectivity index (χ0v) is 11.0. The van der Waals surface area contributed by atoms with Crippen molar-refractivity contribution in [3.8, 4) is 5.75 Å². The summed E-state index contributed by atoms with van der Waals surface area (Å²) >= 11 is 0. The first-order valence-corrected chi connectivity index (χ1v) is 7.16. The first kappa shape index (κ1) is 14.2. The number of carbonyl (C=O) groups excluding carboxylic acids is 1. The molecule has 0 atom stereocenters. The number of amides is 1. The van der Waals surface area contributed by atoms with Crippen LogP contribution >= 0.6 is 0 Å². The number of hydrogen-bond acceptors (Lipinski definition) is 4. The first-order chi connectivity index (χ1) is 8.42. The maximum absolute atomic E-state index is 11.6. The van der Waals surface area contributed by atoms with Crippen molar-refractivity contribution in [2.75, 3.05) is 19.9 Å². The molecular weight excluding hydrogens is 254 g/mol. The SMILES string of the molecule is COc1ccc(C(=O)NC/C=C/S(C)(=O)=O)cc1. The minimum atomic E-state index is -3.14. The van der Waals surface area contributed by atoms with Crippen molar-refractivity contribution >= 4 is 15.7 Å². The molecule has 6 heteroatoms. The lowest BCUT2D eigenvalue weighted by Gasteiger charge is -2.03. The highest BCUT2D eigenvalue weighted by Gasteiger charge is 2.03. The Kier molecular flexibility index (Phi) is 4.91. The van der Waals surface area contributed by atoms with E-state index in [-0.39, 0.29) is 12.5 Å². The maximum atomic E-state index is 11.6. The Bertz CT molecular complexity index is 532. The first-order valence-electron chi connectivity index (χ1n) is 5.21. The number of rotatable bonds is 5. The fourth-order valence-electron chi connectivity index (χ4n) is 1.22. The molecule has 1 amide bonds. The molecule has 0 aliphatic rings. The van der Waals surface area contributed by atoms with Gasteiger partial charge in [-0.25, -0.2) is 8.42 Å². The van der Waals surface area contributed by atoms with Crippen LogP contribution in [0.4, 0.5) is 0 Å². The van der Waals surface area contributed by atoms with E-state index in [1.807, 2.05) is 0 Å². The number of methoxy groups -OCH3 is 1. The molecule has 0 saturated heterocycles. The molecule has 0 aliphatic heterocycles. The molecule has 0 aromatic heterocycles. The van der Waals surface area contributed by atoms with E-state index in [2.05, 4.69) is 5.32 Å². The van der Waals surface area contributed by atoms with E-state index in [1.54, 1.807) is 31.4 Å². The van der Waals surface area contributed by atoms with Crippen LogP contribution in [0.3, 0.4) is 0 Å². The molecule has 0 spiro atoms. The molecule has 98 valence electrons. The number of sulfone groups is 1. The average Bonchev–Trinajstić information content (AvgIpc) is 2.33. The summed E-state index contributed by atoms with van der Waals surface area (Å²) in [5.74, 6) is 0.402. The molecule has 1 aromatic rings. The van der Waals surface area contributed by atoms with Crippen molar-refractivity contribution < 1.29 is 17.9 Å². The molecule has 0 radical (unpaired) electrons. The van der Waals surface area contributed by atoms with E-state index in [0.717, 1.165) is 11.7 Å². The van der Waals surface area contributed by atoms with E-state index in [0.29, 0.717) is 11.3 Å². The van der Waals surface area contributed by atoms with Crippen LogP contribution in [-0.4, -0.2) is 34.2 Å². The van der Waals surface area contributed by atoms with Crippen LogP contribution in [0.2, 0.25) is 0 Å². The van der Waals surface area contributed by atoms with Crippen molar-refractivity contribution in [1.82, 2.24) is 5.32 Å². The van der Waals surface area contributed by atoms with Crippen molar-refractivity contribution in [2.24, 2.45) is 0 Å². The Balaban J connectivity index is 2.53. The second-order valence-corrected chi connectivity index (χ2v) is 5.57. The van der Waals surface area contributed by atoms with Crippen LogP contribution in [0.5, 0.6) is 5.75 Å². The predicted molar refractivity (Wildman–Crippen MR) is 69.3 cm³/mol.